The number of aliphatic hydroxyl groups excluding tert-OH is 1. The van der Waals surface area contributed by atoms with Crippen LogP contribution in [0.15, 0.2) is 0 Å². The molecular weight excluding hydrogens is 443 g/mol. The summed E-state index contributed by atoms with van der Waals surface area (Å²) < 4.78 is 8.88. The van der Waals surface area contributed by atoms with Crippen LogP contribution in [0.3, 0.4) is 0 Å². The lowest BCUT2D eigenvalue weighted by Crippen LogP contribution is -2.22. The molecule has 0 aromatic carbocycles. The highest BCUT2D eigenvalue weighted by atomic mass is 31.2. The van der Waals surface area contributed by atoms with Crippen molar-refractivity contribution in [1.82, 2.24) is 4.90 Å². The molecule has 0 saturated heterocycles. The molecule has 9 heteroatoms. The number of nitrogens with zero attached hydrogens (tertiary/aromatic N) is 1. The molecule has 0 fully saturated rings. The summed E-state index contributed by atoms with van der Waals surface area (Å²) in [6.45, 7) is 6.57. The summed E-state index contributed by atoms with van der Waals surface area (Å²) in [6.07, 6.45) is 22.0. The third kappa shape index (κ3) is 54.1. The Bertz CT molecular complexity index is 421. The Hall–Kier alpha value is -0.500. The van der Waals surface area contributed by atoms with Gasteiger partial charge >= 0.3 is 7.82 Å². The van der Waals surface area contributed by atoms with E-state index in [1.54, 1.807) is 0 Å². The monoisotopic (exact) mass is 498 g/mol. The van der Waals surface area contributed by atoms with Crippen molar-refractivity contribution in [3.05, 3.63) is 0 Å². The van der Waals surface area contributed by atoms with Crippen LogP contribution in [0.5, 0.6) is 0 Å². The normalized spacial score (nSPS) is 10.9. The molecule has 0 aromatic heterocycles. The molecule has 0 unspecified atom stereocenters. The quantitative estimate of drug-likeness (QED) is 0.116. The number of rotatable bonds is 20. The number of carbonyl (C=O) groups excluding carboxylic acids is 1. The van der Waals surface area contributed by atoms with E-state index in [1.165, 1.54) is 89.9 Å². The van der Waals surface area contributed by atoms with Gasteiger partial charge in [-0.1, -0.05) is 104 Å². The Morgan fingerprint density at radius 1 is 0.697 bits per heavy atom. The average Bonchev–Trinajstić information content (AvgIpc) is 2.70. The van der Waals surface area contributed by atoms with Crippen LogP contribution in [0, 0.1) is 0 Å². The topological polar surface area (TPSA) is 144 Å². The summed E-state index contributed by atoms with van der Waals surface area (Å²) in [5.41, 5.74) is 5.11. The van der Waals surface area contributed by atoms with Crippen LogP contribution in [0.25, 0.3) is 0 Å². The highest BCUT2D eigenvalue weighted by Crippen LogP contribution is 2.25. The molecule has 33 heavy (non-hydrogen) atoms. The molecule has 0 atom stereocenters. The second-order valence-corrected chi connectivity index (χ2v) is 9.73. The van der Waals surface area contributed by atoms with Crippen molar-refractivity contribution in [2.45, 2.75) is 123 Å². The molecule has 1 amide bonds. The predicted octanol–water partition coefficient (Wildman–Crippen LogP) is 5.13. The fourth-order valence-electron chi connectivity index (χ4n) is 3.33. The second-order valence-electron chi connectivity index (χ2n) is 8.71. The van der Waals surface area contributed by atoms with Crippen LogP contribution in [-0.2, 0) is 9.36 Å². The van der Waals surface area contributed by atoms with Crippen LogP contribution in [0.4, 0.5) is 0 Å². The Morgan fingerprint density at radius 3 is 1.30 bits per heavy atom. The van der Waals surface area contributed by atoms with E-state index in [0.717, 1.165) is 25.9 Å². The number of phosphoric acid groups is 1. The average molecular weight is 499 g/mol. The van der Waals surface area contributed by atoms with E-state index in [9.17, 15) is 4.79 Å². The smallest absolute Gasteiger partial charge is 0.395 e. The number of hydrogen-bond acceptors (Lipinski definition) is 4. The molecule has 0 aromatic rings. The van der Waals surface area contributed by atoms with Gasteiger partial charge in [-0.25, -0.2) is 4.57 Å². The van der Waals surface area contributed by atoms with Crippen molar-refractivity contribution >= 4 is 13.7 Å². The molecular formula is C24H55N2O6P. The predicted molar refractivity (Wildman–Crippen MR) is 138 cm³/mol. The van der Waals surface area contributed by atoms with E-state index in [-0.39, 0.29) is 12.5 Å². The maximum Gasteiger partial charge on any atom is 0.466 e. The summed E-state index contributed by atoms with van der Waals surface area (Å²) >= 11 is 0. The lowest BCUT2D eigenvalue weighted by Gasteiger charge is -2.12. The molecule has 8 nitrogen and oxygen atoms in total. The number of hydrogen-bond donors (Lipinski definition) is 5. The van der Waals surface area contributed by atoms with Gasteiger partial charge in [0.2, 0.25) is 5.91 Å². The molecule has 202 valence electrons. The molecule has 0 rings (SSSR count). The summed E-state index contributed by atoms with van der Waals surface area (Å²) in [5, 5.41) is 8.42. The van der Waals surface area contributed by atoms with Crippen LogP contribution < -0.4 is 5.73 Å². The van der Waals surface area contributed by atoms with Crippen molar-refractivity contribution < 1.29 is 29.1 Å². The minimum atomic E-state index is -4.64. The van der Waals surface area contributed by atoms with Crippen molar-refractivity contribution in [3.63, 3.8) is 0 Å². The van der Waals surface area contributed by atoms with Gasteiger partial charge in [0.25, 0.3) is 0 Å². The zero-order valence-corrected chi connectivity index (χ0v) is 22.6. The number of unbranched alkanes of at least 4 members (excludes halogenated alkanes) is 14. The van der Waals surface area contributed by atoms with Gasteiger partial charge in [-0.15, -0.1) is 0 Å². The first-order valence-corrected chi connectivity index (χ1v) is 14.5. The molecule has 0 bridgehead atoms. The van der Waals surface area contributed by atoms with Gasteiger partial charge in [0, 0.05) is 13.0 Å². The molecule has 0 aliphatic carbocycles. The molecule has 0 saturated carbocycles. The third-order valence-electron chi connectivity index (χ3n) is 5.11. The van der Waals surface area contributed by atoms with Crippen LogP contribution >= 0.6 is 7.82 Å². The van der Waals surface area contributed by atoms with Gasteiger partial charge in [-0.05, 0) is 26.4 Å². The molecule has 0 heterocycles. The fourth-order valence-corrected chi connectivity index (χ4v) is 3.33. The lowest BCUT2D eigenvalue weighted by atomic mass is 10.0. The minimum Gasteiger partial charge on any atom is -0.395 e. The molecule has 0 radical (unpaired) electrons. The summed E-state index contributed by atoms with van der Waals surface area (Å²) in [7, 11) is -2.63. The number of aliphatic hydroxyl groups is 1. The van der Waals surface area contributed by atoms with Gasteiger partial charge in [-0.2, -0.15) is 0 Å². The zero-order chi connectivity index (χ0) is 25.8. The SMILES string of the molecule is CCCCCCCCCCCCCCCCCC(N)=O.CCCN(C)CCO.O=P(O)(O)O. The van der Waals surface area contributed by atoms with E-state index < -0.39 is 7.82 Å². The minimum absolute atomic E-state index is 0.153. The van der Waals surface area contributed by atoms with E-state index >= 15 is 0 Å². The van der Waals surface area contributed by atoms with E-state index in [0.29, 0.717) is 6.42 Å². The third-order valence-corrected chi connectivity index (χ3v) is 5.11. The van der Waals surface area contributed by atoms with Gasteiger partial charge in [0.1, 0.15) is 0 Å². The highest BCUT2D eigenvalue weighted by molar-refractivity contribution is 7.45. The zero-order valence-electron chi connectivity index (χ0n) is 21.7. The van der Waals surface area contributed by atoms with Crippen molar-refractivity contribution in [2.24, 2.45) is 5.73 Å². The maximum absolute atomic E-state index is 10.6. The Balaban J connectivity index is -0.000000565. The van der Waals surface area contributed by atoms with Gasteiger partial charge < -0.3 is 30.4 Å². The Labute approximate surface area is 203 Å². The number of likely N-dealkylation sites (N-methyl/N-ethyl adjacent to an activating group) is 1. The molecule has 6 N–H and O–H groups in total. The number of amides is 1. The van der Waals surface area contributed by atoms with Gasteiger partial charge in [0.05, 0.1) is 6.61 Å². The van der Waals surface area contributed by atoms with Crippen LogP contribution in [-0.4, -0.2) is 57.3 Å². The van der Waals surface area contributed by atoms with Crippen molar-refractivity contribution in [2.75, 3.05) is 26.7 Å². The Morgan fingerprint density at radius 2 is 1.03 bits per heavy atom. The second kappa shape index (κ2) is 29.5. The fraction of sp³-hybridized carbons (Fsp3) is 0.958. The summed E-state index contributed by atoms with van der Waals surface area (Å²) in [5.74, 6) is -0.153. The van der Waals surface area contributed by atoms with Crippen molar-refractivity contribution in [3.8, 4) is 0 Å². The van der Waals surface area contributed by atoms with Crippen molar-refractivity contribution in [1.29, 1.82) is 0 Å². The van der Waals surface area contributed by atoms with Crippen LogP contribution in [0.1, 0.15) is 123 Å². The van der Waals surface area contributed by atoms with E-state index in [2.05, 4.69) is 18.7 Å². The molecule has 0 spiro atoms. The number of nitrogens with two attached hydrogens (primary N) is 1. The standard InChI is InChI=1S/C18H37NO.C6H15NO.H3O4P/c1-2-3-4-5-6-7-8-9-10-11-12-13-14-15-16-17-18(19)20;1-3-4-7(2)5-6-8;1-5(2,3)4/h2-17H2,1H3,(H2,19,20);8H,3-6H2,1-2H3;(H3,1,2,3,4). The van der Waals surface area contributed by atoms with Crippen LogP contribution in [0.2, 0.25) is 0 Å². The number of carbonyl (C=O) groups is 1. The highest BCUT2D eigenvalue weighted by Gasteiger charge is 2.00. The molecule has 0 aliphatic heterocycles. The largest absolute Gasteiger partial charge is 0.466 e. The molecule has 0 aliphatic rings. The van der Waals surface area contributed by atoms with Gasteiger partial charge in [0.15, 0.2) is 0 Å². The first-order valence-electron chi connectivity index (χ1n) is 12.9. The summed E-state index contributed by atoms with van der Waals surface area (Å²) in [6, 6.07) is 0. The van der Waals surface area contributed by atoms with Gasteiger partial charge in [-0.3, -0.25) is 4.79 Å². The lowest BCUT2D eigenvalue weighted by molar-refractivity contribution is -0.118. The maximum atomic E-state index is 10.6. The Kier molecular flexibility index (Phi) is 33.2. The summed E-state index contributed by atoms with van der Waals surface area (Å²) in [4.78, 5) is 34.2. The first kappa shape index (κ1) is 37.1. The van der Waals surface area contributed by atoms with E-state index in [1.807, 2.05) is 7.05 Å². The number of primary amides is 1. The van der Waals surface area contributed by atoms with E-state index in [4.69, 9.17) is 30.1 Å². The first-order chi connectivity index (χ1) is 15.6.